The number of aryl methyl sites for hydroxylation is 1. The number of hydrogen-bond acceptors (Lipinski definition) is 4. The van der Waals surface area contributed by atoms with Gasteiger partial charge in [-0.2, -0.15) is 5.10 Å². The molecule has 0 atom stereocenters. The Morgan fingerprint density at radius 3 is 2.88 bits per heavy atom. The summed E-state index contributed by atoms with van der Waals surface area (Å²) in [7, 11) is 1.88. The molecule has 5 heteroatoms. The third-order valence-electron chi connectivity index (χ3n) is 2.26. The van der Waals surface area contributed by atoms with Crippen molar-refractivity contribution in [2.75, 3.05) is 11.9 Å². The van der Waals surface area contributed by atoms with Crippen LogP contribution in [0.1, 0.15) is 13.3 Å². The minimum Gasteiger partial charge on any atom is -0.370 e. The summed E-state index contributed by atoms with van der Waals surface area (Å²) in [5.41, 5.74) is 0.917. The van der Waals surface area contributed by atoms with Crippen LogP contribution in [0.25, 0.3) is 11.5 Å². The lowest BCUT2D eigenvalue weighted by atomic mass is 10.4. The monoisotopic (exact) mass is 217 g/mol. The highest BCUT2D eigenvalue weighted by atomic mass is 15.3. The van der Waals surface area contributed by atoms with Crippen molar-refractivity contribution in [3.63, 3.8) is 0 Å². The Bertz CT molecular complexity index is 463. The van der Waals surface area contributed by atoms with Crippen LogP contribution in [0.3, 0.4) is 0 Å². The molecular formula is C11H15N5. The molecule has 0 saturated carbocycles. The zero-order valence-electron chi connectivity index (χ0n) is 9.51. The minimum atomic E-state index is 0.695. The van der Waals surface area contributed by atoms with Crippen molar-refractivity contribution in [3.05, 3.63) is 24.5 Å². The average Bonchev–Trinajstić information content (AvgIpc) is 2.73. The van der Waals surface area contributed by atoms with Crippen LogP contribution >= 0.6 is 0 Å². The van der Waals surface area contributed by atoms with Gasteiger partial charge in [-0.3, -0.25) is 4.68 Å². The molecule has 2 rings (SSSR count). The van der Waals surface area contributed by atoms with E-state index in [9.17, 15) is 0 Å². The standard InChI is InChI=1S/C11H15N5/c1-3-6-12-10-5-7-13-11(15-10)9-4-8-14-16(9)2/h4-5,7-8H,3,6H2,1-2H3,(H,12,13,15). The molecular weight excluding hydrogens is 202 g/mol. The Morgan fingerprint density at radius 1 is 1.31 bits per heavy atom. The van der Waals surface area contributed by atoms with Crippen molar-refractivity contribution < 1.29 is 0 Å². The van der Waals surface area contributed by atoms with E-state index in [-0.39, 0.29) is 0 Å². The van der Waals surface area contributed by atoms with E-state index in [0.29, 0.717) is 5.82 Å². The second-order valence-electron chi connectivity index (χ2n) is 3.53. The van der Waals surface area contributed by atoms with Crippen molar-refractivity contribution in [2.24, 2.45) is 7.05 Å². The molecule has 2 heterocycles. The number of anilines is 1. The first-order chi connectivity index (χ1) is 7.81. The summed E-state index contributed by atoms with van der Waals surface area (Å²) in [5, 5.41) is 7.34. The van der Waals surface area contributed by atoms with E-state index >= 15 is 0 Å². The van der Waals surface area contributed by atoms with Crippen LogP contribution in [0, 0.1) is 0 Å². The average molecular weight is 217 g/mol. The van der Waals surface area contributed by atoms with E-state index in [4.69, 9.17) is 0 Å². The van der Waals surface area contributed by atoms with E-state index in [1.54, 1.807) is 17.1 Å². The van der Waals surface area contributed by atoms with Crippen molar-refractivity contribution in [3.8, 4) is 11.5 Å². The van der Waals surface area contributed by atoms with Crippen molar-refractivity contribution in [1.82, 2.24) is 19.7 Å². The predicted molar refractivity (Wildman–Crippen MR) is 63.0 cm³/mol. The van der Waals surface area contributed by atoms with Crippen LogP contribution in [0.4, 0.5) is 5.82 Å². The van der Waals surface area contributed by atoms with Crippen LogP contribution in [-0.2, 0) is 7.05 Å². The van der Waals surface area contributed by atoms with E-state index in [0.717, 1.165) is 24.5 Å². The Morgan fingerprint density at radius 2 is 2.19 bits per heavy atom. The van der Waals surface area contributed by atoms with E-state index in [1.165, 1.54) is 0 Å². The fraction of sp³-hybridized carbons (Fsp3) is 0.364. The van der Waals surface area contributed by atoms with Crippen LogP contribution in [0.15, 0.2) is 24.5 Å². The summed E-state index contributed by atoms with van der Waals surface area (Å²) < 4.78 is 1.76. The van der Waals surface area contributed by atoms with Crippen LogP contribution in [-0.4, -0.2) is 26.3 Å². The molecule has 0 aliphatic carbocycles. The molecule has 0 aliphatic heterocycles. The molecule has 1 N–H and O–H groups in total. The first-order valence-corrected chi connectivity index (χ1v) is 5.36. The zero-order valence-corrected chi connectivity index (χ0v) is 9.51. The first kappa shape index (κ1) is 10.6. The van der Waals surface area contributed by atoms with Gasteiger partial charge in [0.1, 0.15) is 11.5 Å². The molecule has 0 radical (unpaired) electrons. The molecule has 84 valence electrons. The highest BCUT2D eigenvalue weighted by Gasteiger charge is 2.05. The fourth-order valence-electron chi connectivity index (χ4n) is 1.43. The molecule has 16 heavy (non-hydrogen) atoms. The van der Waals surface area contributed by atoms with Gasteiger partial charge in [0.25, 0.3) is 0 Å². The third kappa shape index (κ3) is 2.18. The Hall–Kier alpha value is -1.91. The summed E-state index contributed by atoms with van der Waals surface area (Å²) in [6.07, 6.45) is 4.57. The van der Waals surface area contributed by atoms with Crippen LogP contribution < -0.4 is 5.32 Å². The summed E-state index contributed by atoms with van der Waals surface area (Å²) in [6, 6.07) is 3.77. The Balaban J connectivity index is 2.26. The second kappa shape index (κ2) is 4.74. The molecule has 0 amide bonds. The van der Waals surface area contributed by atoms with Gasteiger partial charge in [0.05, 0.1) is 0 Å². The van der Waals surface area contributed by atoms with Gasteiger partial charge in [-0.25, -0.2) is 9.97 Å². The minimum absolute atomic E-state index is 0.695. The summed E-state index contributed by atoms with van der Waals surface area (Å²) >= 11 is 0. The number of nitrogens with one attached hydrogen (secondary N) is 1. The number of rotatable bonds is 4. The van der Waals surface area contributed by atoms with Gasteiger partial charge in [-0.05, 0) is 18.6 Å². The molecule has 0 bridgehead atoms. The fourth-order valence-corrected chi connectivity index (χ4v) is 1.43. The topological polar surface area (TPSA) is 55.6 Å². The number of nitrogens with zero attached hydrogens (tertiary/aromatic N) is 4. The Labute approximate surface area is 94.5 Å². The Kier molecular flexibility index (Phi) is 3.14. The summed E-state index contributed by atoms with van der Waals surface area (Å²) in [6.45, 7) is 3.04. The van der Waals surface area contributed by atoms with Crippen LogP contribution in [0.5, 0.6) is 0 Å². The molecule has 0 unspecified atom stereocenters. The summed E-state index contributed by atoms with van der Waals surface area (Å²) in [5.74, 6) is 1.55. The highest BCUT2D eigenvalue weighted by Crippen LogP contribution is 2.14. The molecule has 0 aromatic carbocycles. The lowest BCUT2D eigenvalue weighted by Gasteiger charge is -2.05. The van der Waals surface area contributed by atoms with E-state index in [2.05, 4.69) is 27.3 Å². The SMILES string of the molecule is CCCNc1ccnc(-c2ccnn2C)n1. The molecule has 5 nitrogen and oxygen atoms in total. The maximum atomic E-state index is 4.43. The van der Waals surface area contributed by atoms with Crippen molar-refractivity contribution in [2.45, 2.75) is 13.3 Å². The molecule has 2 aromatic heterocycles. The molecule has 0 fully saturated rings. The van der Waals surface area contributed by atoms with Crippen molar-refractivity contribution >= 4 is 5.82 Å². The smallest absolute Gasteiger partial charge is 0.179 e. The second-order valence-corrected chi connectivity index (χ2v) is 3.53. The van der Waals surface area contributed by atoms with E-state index in [1.807, 2.05) is 19.2 Å². The quantitative estimate of drug-likeness (QED) is 0.846. The first-order valence-electron chi connectivity index (χ1n) is 5.36. The maximum Gasteiger partial charge on any atom is 0.179 e. The number of aromatic nitrogens is 4. The predicted octanol–water partition coefficient (Wildman–Crippen LogP) is 1.70. The lowest BCUT2D eigenvalue weighted by molar-refractivity contribution is 0.770. The molecule has 2 aromatic rings. The summed E-state index contributed by atoms with van der Waals surface area (Å²) in [4.78, 5) is 8.67. The third-order valence-corrected chi connectivity index (χ3v) is 2.26. The lowest BCUT2D eigenvalue weighted by Crippen LogP contribution is -2.04. The van der Waals surface area contributed by atoms with E-state index < -0.39 is 0 Å². The van der Waals surface area contributed by atoms with Gasteiger partial charge in [0.2, 0.25) is 0 Å². The van der Waals surface area contributed by atoms with Gasteiger partial charge in [-0.15, -0.1) is 0 Å². The largest absolute Gasteiger partial charge is 0.370 e. The van der Waals surface area contributed by atoms with Gasteiger partial charge in [-0.1, -0.05) is 6.92 Å². The molecule has 0 aliphatic rings. The van der Waals surface area contributed by atoms with Gasteiger partial charge >= 0.3 is 0 Å². The van der Waals surface area contributed by atoms with Crippen LogP contribution in [0.2, 0.25) is 0 Å². The normalized spacial score (nSPS) is 10.4. The molecule has 0 spiro atoms. The van der Waals surface area contributed by atoms with Gasteiger partial charge in [0, 0.05) is 26.0 Å². The number of hydrogen-bond donors (Lipinski definition) is 1. The van der Waals surface area contributed by atoms with Crippen molar-refractivity contribution in [1.29, 1.82) is 0 Å². The highest BCUT2D eigenvalue weighted by molar-refractivity contribution is 5.51. The van der Waals surface area contributed by atoms with Gasteiger partial charge < -0.3 is 5.32 Å². The zero-order chi connectivity index (χ0) is 11.4. The maximum absolute atomic E-state index is 4.43. The van der Waals surface area contributed by atoms with Gasteiger partial charge in [0.15, 0.2) is 5.82 Å². The molecule has 0 saturated heterocycles.